The Morgan fingerprint density at radius 3 is 2.86 bits per heavy atom. The molecule has 1 aliphatic heterocycles. The Morgan fingerprint density at radius 2 is 2.21 bits per heavy atom. The van der Waals surface area contributed by atoms with Crippen molar-refractivity contribution < 1.29 is 9.59 Å². The molecule has 14 heavy (non-hydrogen) atoms. The molecule has 1 aliphatic rings. The van der Waals surface area contributed by atoms with Crippen molar-refractivity contribution in [2.45, 2.75) is 17.9 Å². The summed E-state index contributed by atoms with van der Waals surface area (Å²) in [5.41, 5.74) is 0.919. The largest absolute Gasteiger partial charge is 0.301 e. The van der Waals surface area contributed by atoms with Crippen LogP contribution in [0.4, 0.5) is 0 Å². The van der Waals surface area contributed by atoms with E-state index in [9.17, 15) is 9.59 Å². The number of amides is 1. The first kappa shape index (κ1) is 9.27. The number of hydrogen-bond donors (Lipinski definition) is 0. The summed E-state index contributed by atoms with van der Waals surface area (Å²) in [5.74, 6) is -0.0942. The van der Waals surface area contributed by atoms with E-state index in [1.54, 1.807) is 0 Å². The molecule has 4 heteroatoms. The van der Waals surface area contributed by atoms with Crippen LogP contribution in [0.5, 0.6) is 0 Å². The molecular formula is C10H9NO2S. The molecular weight excluding hydrogens is 198 g/mol. The van der Waals surface area contributed by atoms with Crippen LogP contribution >= 0.6 is 11.9 Å². The fraction of sp³-hybridized carbons (Fsp3) is 0.200. The van der Waals surface area contributed by atoms with Crippen molar-refractivity contribution in [3.05, 3.63) is 29.8 Å². The lowest BCUT2D eigenvalue weighted by Crippen LogP contribution is -2.23. The minimum atomic E-state index is -0.423. The average Bonchev–Trinajstić information content (AvgIpc) is 2.56. The van der Waals surface area contributed by atoms with Gasteiger partial charge in [0.25, 0.3) is 0 Å². The van der Waals surface area contributed by atoms with Gasteiger partial charge in [0.05, 0.1) is 0 Å². The van der Waals surface area contributed by atoms with Gasteiger partial charge in [0.1, 0.15) is 12.3 Å². The van der Waals surface area contributed by atoms with E-state index in [2.05, 4.69) is 0 Å². The molecule has 0 saturated heterocycles. The molecule has 1 aromatic carbocycles. The summed E-state index contributed by atoms with van der Waals surface area (Å²) < 4.78 is 1.50. The zero-order valence-corrected chi connectivity index (χ0v) is 8.45. The molecule has 1 unspecified atom stereocenters. The maximum atomic E-state index is 11.2. The van der Waals surface area contributed by atoms with E-state index >= 15 is 0 Å². The van der Waals surface area contributed by atoms with Crippen LogP contribution in [0.3, 0.4) is 0 Å². The lowest BCUT2D eigenvalue weighted by atomic mass is 10.1. The second-order valence-corrected chi connectivity index (χ2v) is 4.07. The topological polar surface area (TPSA) is 37.4 Å². The van der Waals surface area contributed by atoms with E-state index in [1.165, 1.54) is 23.2 Å². The molecule has 0 aliphatic carbocycles. The predicted molar refractivity (Wildman–Crippen MR) is 53.6 cm³/mol. The van der Waals surface area contributed by atoms with Gasteiger partial charge in [0.2, 0.25) is 5.91 Å². The van der Waals surface area contributed by atoms with Gasteiger partial charge in [-0.15, -0.1) is 0 Å². The van der Waals surface area contributed by atoms with Crippen molar-refractivity contribution in [1.82, 2.24) is 4.31 Å². The quantitative estimate of drug-likeness (QED) is 0.520. The first-order valence-corrected chi connectivity index (χ1v) is 5.03. The lowest BCUT2D eigenvalue weighted by Gasteiger charge is -2.16. The monoisotopic (exact) mass is 207 g/mol. The van der Waals surface area contributed by atoms with Crippen molar-refractivity contribution in [2.24, 2.45) is 0 Å². The van der Waals surface area contributed by atoms with E-state index in [4.69, 9.17) is 0 Å². The van der Waals surface area contributed by atoms with Gasteiger partial charge in [-0.3, -0.25) is 9.10 Å². The van der Waals surface area contributed by atoms with Crippen LogP contribution in [0, 0.1) is 0 Å². The van der Waals surface area contributed by atoms with Gasteiger partial charge in [-0.25, -0.2) is 0 Å². The Labute approximate surface area is 86.2 Å². The number of fused-ring (bicyclic) bond motifs is 1. The van der Waals surface area contributed by atoms with Gasteiger partial charge in [0, 0.05) is 11.8 Å². The molecule has 72 valence electrons. The summed E-state index contributed by atoms with van der Waals surface area (Å²) in [5, 5.41) is 0. The minimum Gasteiger partial charge on any atom is -0.301 e. The molecule has 0 fully saturated rings. The van der Waals surface area contributed by atoms with Gasteiger partial charge >= 0.3 is 0 Å². The zero-order valence-electron chi connectivity index (χ0n) is 7.64. The molecule has 1 atom stereocenters. The van der Waals surface area contributed by atoms with Gasteiger partial charge < -0.3 is 4.79 Å². The van der Waals surface area contributed by atoms with Crippen LogP contribution in [-0.4, -0.2) is 16.5 Å². The van der Waals surface area contributed by atoms with Gasteiger partial charge in [-0.05, 0) is 23.6 Å². The van der Waals surface area contributed by atoms with Crippen LogP contribution in [0.25, 0.3) is 0 Å². The molecule has 0 radical (unpaired) electrons. The highest BCUT2D eigenvalue weighted by Gasteiger charge is 2.32. The number of rotatable bonds is 1. The number of carbonyl (C=O) groups is 2. The Kier molecular flexibility index (Phi) is 2.29. The molecule has 0 bridgehead atoms. The lowest BCUT2D eigenvalue weighted by molar-refractivity contribution is -0.128. The van der Waals surface area contributed by atoms with Gasteiger partial charge in [0.15, 0.2) is 0 Å². The molecule has 1 heterocycles. The van der Waals surface area contributed by atoms with Crippen LogP contribution in [0.2, 0.25) is 0 Å². The number of nitrogens with zero attached hydrogens (tertiary/aromatic N) is 1. The Morgan fingerprint density at radius 1 is 1.50 bits per heavy atom. The highest BCUT2D eigenvalue weighted by Crippen LogP contribution is 2.42. The van der Waals surface area contributed by atoms with Crippen LogP contribution in [0.1, 0.15) is 18.5 Å². The molecule has 2 rings (SSSR count). The van der Waals surface area contributed by atoms with Crippen LogP contribution in [-0.2, 0) is 9.59 Å². The molecule has 1 aromatic rings. The van der Waals surface area contributed by atoms with E-state index < -0.39 is 6.04 Å². The van der Waals surface area contributed by atoms with Crippen molar-refractivity contribution in [2.75, 3.05) is 0 Å². The number of hydrogen-bond acceptors (Lipinski definition) is 3. The molecule has 1 amide bonds. The number of benzene rings is 1. The SMILES string of the molecule is CC(=O)N1Sc2ccccc2C1C=O. The Hall–Kier alpha value is -1.29. The van der Waals surface area contributed by atoms with Gasteiger partial charge in [-0.1, -0.05) is 18.2 Å². The van der Waals surface area contributed by atoms with E-state index in [1.807, 2.05) is 24.3 Å². The third-order valence-corrected chi connectivity index (χ3v) is 3.38. The zero-order chi connectivity index (χ0) is 10.1. The standard InChI is InChI=1S/C10H9NO2S/c1-7(13)11-9(6-12)8-4-2-3-5-10(8)14-11/h2-6,9H,1H3. The summed E-state index contributed by atoms with van der Waals surface area (Å²) in [6, 6.07) is 7.15. The summed E-state index contributed by atoms with van der Waals surface area (Å²) in [6.07, 6.45) is 0.806. The second-order valence-electron chi connectivity index (χ2n) is 3.05. The molecule has 0 saturated carbocycles. The fourth-order valence-corrected chi connectivity index (χ4v) is 2.54. The van der Waals surface area contributed by atoms with Crippen molar-refractivity contribution in [1.29, 1.82) is 0 Å². The smallest absolute Gasteiger partial charge is 0.230 e. The van der Waals surface area contributed by atoms with Crippen molar-refractivity contribution in [3.63, 3.8) is 0 Å². The third kappa shape index (κ3) is 1.32. The summed E-state index contributed by atoms with van der Waals surface area (Å²) in [7, 11) is 0. The number of aldehydes is 1. The first-order valence-electron chi connectivity index (χ1n) is 4.26. The fourth-order valence-electron chi connectivity index (χ4n) is 1.49. The maximum absolute atomic E-state index is 11.2. The molecule has 0 aromatic heterocycles. The van der Waals surface area contributed by atoms with E-state index in [0.717, 1.165) is 16.7 Å². The molecule has 3 nitrogen and oxygen atoms in total. The summed E-state index contributed by atoms with van der Waals surface area (Å²) >= 11 is 1.33. The van der Waals surface area contributed by atoms with E-state index in [0.29, 0.717) is 0 Å². The van der Waals surface area contributed by atoms with Crippen molar-refractivity contribution >= 4 is 24.1 Å². The number of carbonyl (C=O) groups excluding carboxylic acids is 2. The van der Waals surface area contributed by atoms with Crippen LogP contribution in [0.15, 0.2) is 29.2 Å². The normalized spacial score (nSPS) is 19.2. The Balaban J connectivity index is 2.43. The maximum Gasteiger partial charge on any atom is 0.230 e. The molecule has 0 N–H and O–H groups in total. The molecule has 0 spiro atoms. The Bertz CT molecular complexity index is 391. The second kappa shape index (κ2) is 3.46. The highest BCUT2D eigenvalue weighted by molar-refractivity contribution is 7.97. The van der Waals surface area contributed by atoms with E-state index in [-0.39, 0.29) is 5.91 Å². The first-order chi connectivity index (χ1) is 6.74. The van der Waals surface area contributed by atoms with Crippen molar-refractivity contribution in [3.8, 4) is 0 Å². The summed E-state index contributed by atoms with van der Waals surface area (Å²) in [6.45, 7) is 1.47. The minimum absolute atomic E-state index is 0.0942. The third-order valence-electron chi connectivity index (χ3n) is 2.13. The average molecular weight is 207 g/mol. The predicted octanol–water partition coefficient (Wildman–Crippen LogP) is 1.80. The highest BCUT2D eigenvalue weighted by atomic mass is 32.2. The summed E-state index contributed by atoms with van der Waals surface area (Å²) in [4.78, 5) is 23.1. The van der Waals surface area contributed by atoms with Crippen LogP contribution < -0.4 is 0 Å². The van der Waals surface area contributed by atoms with Gasteiger partial charge in [-0.2, -0.15) is 0 Å².